The zero-order chi connectivity index (χ0) is 4.12. The van der Waals surface area contributed by atoms with Crippen molar-refractivity contribution < 1.29 is 32.7 Å². The molecule has 0 saturated carbocycles. The summed E-state index contributed by atoms with van der Waals surface area (Å²) in [4.78, 5) is 0. The summed E-state index contributed by atoms with van der Waals surface area (Å²) in [5.41, 5.74) is 0. The molecule has 0 atom stereocenters. The predicted octanol–water partition coefficient (Wildman–Crippen LogP) is 0.427. The van der Waals surface area contributed by atoms with E-state index in [4.69, 9.17) is 0 Å². The van der Waals surface area contributed by atoms with E-state index < -0.39 is 0 Å². The third-order valence-electron chi connectivity index (χ3n) is 0.427. The Labute approximate surface area is 64.8 Å². The molecule has 0 aromatic heterocycles. The van der Waals surface area contributed by atoms with Gasteiger partial charge in [0.2, 0.25) is 0 Å². The Morgan fingerprint density at radius 1 is 1.67 bits per heavy atom. The number of nitrogens with one attached hydrogen (secondary N) is 1. The summed E-state index contributed by atoms with van der Waals surface area (Å²) in [6.45, 7) is 4.64. The fourth-order valence-corrected chi connectivity index (χ4v) is 0.177. The van der Waals surface area contributed by atoms with Crippen LogP contribution in [0.25, 0.3) is 0 Å². The van der Waals surface area contributed by atoms with Crippen molar-refractivity contribution in [1.82, 2.24) is 5.32 Å². The Morgan fingerprint density at radius 2 is 2.17 bits per heavy atom. The Balaban J connectivity index is 0. The molecule has 6 heavy (non-hydrogen) atoms. The summed E-state index contributed by atoms with van der Waals surface area (Å²) in [6.07, 6.45) is 0.983. The number of hydrogen-bond donors (Lipinski definition) is 1. The van der Waals surface area contributed by atoms with Gasteiger partial charge < -0.3 is 12.2 Å². The van der Waals surface area contributed by atoms with Crippen LogP contribution in [0.5, 0.6) is 0 Å². The maximum absolute atomic E-state index is 3.61. The molecule has 0 aromatic rings. The molecule has 35 valence electrons. The van der Waals surface area contributed by atoms with Crippen LogP contribution >= 0.6 is 0 Å². The van der Waals surface area contributed by atoms with E-state index in [1.807, 2.05) is 7.05 Å². The molecule has 1 N–H and O–H groups in total. The Hall–Kier alpha value is 1.06. The van der Waals surface area contributed by atoms with Gasteiger partial charge in [-0.3, -0.25) is 0 Å². The van der Waals surface area contributed by atoms with Gasteiger partial charge >= 0.3 is 0 Å². The predicted molar refractivity (Wildman–Crippen MR) is 23.9 cm³/mol. The minimum atomic E-state index is 0. The maximum atomic E-state index is 3.61. The van der Waals surface area contributed by atoms with Gasteiger partial charge in [0.1, 0.15) is 0 Å². The van der Waals surface area contributed by atoms with Gasteiger partial charge in [0.15, 0.2) is 0 Å². The molecule has 1 nitrogen and oxygen atoms in total. The largest absolute Gasteiger partial charge is 0.342 e. The van der Waals surface area contributed by atoms with Gasteiger partial charge in [0.25, 0.3) is 0 Å². The van der Waals surface area contributed by atoms with E-state index in [0.717, 1.165) is 13.0 Å². The molecule has 0 aliphatic rings. The van der Waals surface area contributed by atoms with E-state index in [1.54, 1.807) is 0 Å². The normalized spacial score (nSPS) is 7.00. The van der Waals surface area contributed by atoms with E-state index in [1.165, 1.54) is 0 Å². The molecule has 0 bridgehead atoms. The van der Waals surface area contributed by atoms with Gasteiger partial charge in [-0.05, 0) is 13.6 Å². The van der Waals surface area contributed by atoms with E-state index >= 15 is 0 Å². The van der Waals surface area contributed by atoms with Crippen molar-refractivity contribution in [1.29, 1.82) is 0 Å². The van der Waals surface area contributed by atoms with Crippen molar-refractivity contribution in [2.75, 3.05) is 13.6 Å². The van der Waals surface area contributed by atoms with Crippen molar-refractivity contribution in [3.05, 3.63) is 6.92 Å². The third-order valence-corrected chi connectivity index (χ3v) is 0.427. The van der Waals surface area contributed by atoms with E-state index in [-0.39, 0.29) is 32.7 Å². The van der Waals surface area contributed by atoms with E-state index in [2.05, 4.69) is 12.2 Å². The molecule has 0 unspecified atom stereocenters. The van der Waals surface area contributed by atoms with Crippen LogP contribution in [0.1, 0.15) is 6.42 Å². The second-order valence-electron chi connectivity index (χ2n) is 0.957. The van der Waals surface area contributed by atoms with Crippen LogP contribution in [-0.4, -0.2) is 13.6 Å². The molecule has 0 rings (SSSR count). The molecule has 0 aromatic carbocycles. The minimum absolute atomic E-state index is 0. The van der Waals surface area contributed by atoms with E-state index in [9.17, 15) is 0 Å². The Morgan fingerprint density at radius 3 is 2.17 bits per heavy atom. The standard InChI is InChI=1S/C4H10N.Y/c1-3-4-5-2;/h5H,1,3-4H2,2H3;/q-1;. The average Bonchev–Trinajstić information content (AvgIpc) is 1.41. The molecule has 0 spiro atoms. The van der Waals surface area contributed by atoms with Gasteiger partial charge in [-0.15, -0.1) is 0 Å². The number of hydrogen-bond acceptors (Lipinski definition) is 1. The Kier molecular flexibility index (Phi) is 15.9. The summed E-state index contributed by atoms with van der Waals surface area (Å²) < 4.78 is 0. The first-order valence-electron chi connectivity index (χ1n) is 1.85. The summed E-state index contributed by atoms with van der Waals surface area (Å²) >= 11 is 0. The summed E-state index contributed by atoms with van der Waals surface area (Å²) in [7, 11) is 1.92. The van der Waals surface area contributed by atoms with Crippen molar-refractivity contribution >= 4 is 0 Å². The van der Waals surface area contributed by atoms with Crippen LogP contribution in [-0.2, 0) is 32.7 Å². The molecule has 1 radical (unpaired) electrons. The SMILES string of the molecule is [CH2-]CCNC.[Y]. The van der Waals surface area contributed by atoms with Gasteiger partial charge in [0.05, 0.1) is 0 Å². The molecule has 0 saturated heterocycles. The fourth-order valence-electron chi connectivity index (χ4n) is 0.177. The molecular formula is C4H10NY-. The molecule has 0 amide bonds. The van der Waals surface area contributed by atoms with Crippen LogP contribution in [0.4, 0.5) is 0 Å². The fraction of sp³-hybridized carbons (Fsp3) is 0.750. The average molecular weight is 161 g/mol. The van der Waals surface area contributed by atoms with Crippen molar-refractivity contribution in [3.63, 3.8) is 0 Å². The summed E-state index contributed by atoms with van der Waals surface area (Å²) in [5, 5.41) is 2.95. The molecule has 0 heterocycles. The second-order valence-corrected chi connectivity index (χ2v) is 0.957. The van der Waals surface area contributed by atoms with Crippen molar-refractivity contribution in [2.45, 2.75) is 6.42 Å². The molecule has 0 fully saturated rings. The topological polar surface area (TPSA) is 12.0 Å². The Bertz CT molecular complexity index is 15.0. The van der Waals surface area contributed by atoms with Crippen LogP contribution in [0.3, 0.4) is 0 Å². The first-order valence-corrected chi connectivity index (χ1v) is 1.85. The van der Waals surface area contributed by atoms with Gasteiger partial charge in [-0.2, -0.15) is 6.42 Å². The summed E-state index contributed by atoms with van der Waals surface area (Å²) in [5.74, 6) is 0. The van der Waals surface area contributed by atoms with Gasteiger partial charge in [-0.25, -0.2) is 0 Å². The molecule has 0 aliphatic heterocycles. The third kappa shape index (κ3) is 8.91. The second kappa shape index (κ2) is 9.42. The first kappa shape index (κ1) is 10.1. The monoisotopic (exact) mass is 161 g/mol. The van der Waals surface area contributed by atoms with Crippen LogP contribution in [0.2, 0.25) is 0 Å². The van der Waals surface area contributed by atoms with Crippen molar-refractivity contribution in [3.8, 4) is 0 Å². The van der Waals surface area contributed by atoms with Gasteiger partial charge in [0, 0.05) is 32.7 Å². The van der Waals surface area contributed by atoms with Crippen molar-refractivity contribution in [2.24, 2.45) is 0 Å². The van der Waals surface area contributed by atoms with Crippen LogP contribution in [0, 0.1) is 6.92 Å². The van der Waals surface area contributed by atoms with E-state index in [0.29, 0.717) is 0 Å². The zero-order valence-electron chi connectivity index (χ0n) is 4.20. The molecular weight excluding hydrogens is 151 g/mol. The first-order chi connectivity index (χ1) is 2.41. The maximum Gasteiger partial charge on any atom is 0 e. The van der Waals surface area contributed by atoms with Crippen LogP contribution in [0.15, 0.2) is 0 Å². The van der Waals surface area contributed by atoms with Crippen LogP contribution < -0.4 is 5.32 Å². The zero-order valence-corrected chi connectivity index (χ0v) is 7.04. The number of rotatable bonds is 2. The smallest absolute Gasteiger partial charge is 0 e. The van der Waals surface area contributed by atoms with Gasteiger partial charge in [-0.1, -0.05) is 0 Å². The molecule has 0 aliphatic carbocycles. The quantitative estimate of drug-likeness (QED) is 0.579. The minimum Gasteiger partial charge on any atom is -0.342 e. The summed E-state index contributed by atoms with van der Waals surface area (Å²) in [6, 6.07) is 0. The molecule has 2 heteroatoms.